The fourth-order valence-corrected chi connectivity index (χ4v) is 3.64. The van der Waals surface area contributed by atoms with Gasteiger partial charge < -0.3 is 16.0 Å². The Labute approximate surface area is 185 Å². The number of hydrogen-bond acceptors (Lipinski definition) is 4. The number of carbonyl (C=O) groups is 3. The minimum absolute atomic E-state index is 0.291. The van der Waals surface area contributed by atoms with Crippen molar-refractivity contribution in [3.63, 3.8) is 0 Å². The maximum atomic E-state index is 12.9. The smallest absolute Gasteiger partial charge is 0.262 e. The van der Waals surface area contributed by atoms with Gasteiger partial charge in [-0.15, -0.1) is 11.3 Å². The summed E-state index contributed by atoms with van der Waals surface area (Å²) in [5.74, 6) is -1.01. The summed E-state index contributed by atoms with van der Waals surface area (Å²) in [5, 5.41) is 10.1. The van der Waals surface area contributed by atoms with Crippen LogP contribution in [0.25, 0.3) is 0 Å². The van der Waals surface area contributed by atoms with Crippen molar-refractivity contribution in [2.75, 3.05) is 0 Å². The van der Waals surface area contributed by atoms with E-state index in [0.717, 1.165) is 11.1 Å². The number of rotatable bonds is 9. The Balaban J connectivity index is 1.62. The molecule has 3 N–H and O–H groups in total. The first kappa shape index (κ1) is 22.2. The van der Waals surface area contributed by atoms with Gasteiger partial charge in [0.15, 0.2) is 0 Å². The molecule has 0 aliphatic heterocycles. The Hall–Kier alpha value is -3.45. The third kappa shape index (κ3) is 6.79. The number of benzene rings is 2. The van der Waals surface area contributed by atoms with Gasteiger partial charge in [0.2, 0.25) is 11.8 Å². The molecule has 31 heavy (non-hydrogen) atoms. The van der Waals surface area contributed by atoms with Crippen LogP contribution in [0.15, 0.2) is 78.2 Å². The fourth-order valence-electron chi connectivity index (χ4n) is 3.01. The van der Waals surface area contributed by atoms with Gasteiger partial charge >= 0.3 is 0 Å². The first-order valence-electron chi connectivity index (χ1n) is 10.0. The van der Waals surface area contributed by atoms with Gasteiger partial charge in [-0.3, -0.25) is 14.4 Å². The highest BCUT2D eigenvalue weighted by atomic mass is 32.1. The van der Waals surface area contributed by atoms with Gasteiger partial charge in [-0.1, -0.05) is 66.7 Å². The van der Waals surface area contributed by atoms with Gasteiger partial charge in [0.1, 0.15) is 12.1 Å². The van der Waals surface area contributed by atoms with Crippen molar-refractivity contribution in [2.45, 2.75) is 32.0 Å². The molecule has 6 nitrogen and oxygen atoms in total. The number of carbonyl (C=O) groups excluding carboxylic acids is 3. The molecule has 160 valence electrons. The Morgan fingerprint density at radius 2 is 1.45 bits per heavy atom. The van der Waals surface area contributed by atoms with Crippen LogP contribution in [-0.2, 0) is 22.6 Å². The molecule has 2 unspecified atom stereocenters. The highest BCUT2D eigenvalue weighted by Gasteiger charge is 2.25. The van der Waals surface area contributed by atoms with E-state index < -0.39 is 18.0 Å². The summed E-state index contributed by atoms with van der Waals surface area (Å²) in [6.45, 7) is 2.00. The van der Waals surface area contributed by atoms with Crippen molar-refractivity contribution in [2.24, 2.45) is 0 Å². The lowest BCUT2D eigenvalue weighted by atomic mass is 10.0. The van der Waals surface area contributed by atoms with Crippen molar-refractivity contribution in [1.29, 1.82) is 0 Å². The van der Waals surface area contributed by atoms with Crippen molar-refractivity contribution in [3.8, 4) is 0 Å². The molecule has 0 aliphatic carbocycles. The van der Waals surface area contributed by atoms with Crippen molar-refractivity contribution in [3.05, 3.63) is 94.2 Å². The largest absolute Gasteiger partial charge is 0.350 e. The van der Waals surface area contributed by atoms with E-state index in [-0.39, 0.29) is 11.8 Å². The number of amides is 3. The molecule has 1 aromatic heterocycles. The van der Waals surface area contributed by atoms with Gasteiger partial charge in [-0.05, 0) is 29.5 Å². The third-order valence-electron chi connectivity index (χ3n) is 4.71. The van der Waals surface area contributed by atoms with Gasteiger partial charge in [0.05, 0.1) is 4.88 Å². The maximum Gasteiger partial charge on any atom is 0.262 e. The highest BCUT2D eigenvalue weighted by Crippen LogP contribution is 2.10. The topological polar surface area (TPSA) is 87.3 Å². The summed E-state index contributed by atoms with van der Waals surface area (Å²) < 4.78 is 0. The minimum atomic E-state index is -0.804. The van der Waals surface area contributed by atoms with Crippen LogP contribution >= 0.6 is 11.3 Å². The van der Waals surface area contributed by atoms with E-state index >= 15 is 0 Å². The summed E-state index contributed by atoms with van der Waals surface area (Å²) >= 11 is 1.31. The van der Waals surface area contributed by atoms with E-state index in [1.807, 2.05) is 60.7 Å². The average molecular weight is 436 g/mol. The molecule has 7 heteroatoms. The molecular formula is C24H25N3O3S. The number of nitrogens with one attached hydrogen (secondary N) is 3. The van der Waals surface area contributed by atoms with Crippen molar-refractivity contribution in [1.82, 2.24) is 16.0 Å². The van der Waals surface area contributed by atoms with Crippen LogP contribution in [-0.4, -0.2) is 29.8 Å². The quantitative estimate of drug-likeness (QED) is 0.483. The second-order valence-electron chi connectivity index (χ2n) is 7.13. The second kappa shape index (κ2) is 11.1. The predicted molar refractivity (Wildman–Crippen MR) is 122 cm³/mol. The van der Waals surface area contributed by atoms with Crippen molar-refractivity contribution < 1.29 is 14.4 Å². The van der Waals surface area contributed by atoms with Crippen LogP contribution in [0.3, 0.4) is 0 Å². The highest BCUT2D eigenvalue weighted by molar-refractivity contribution is 7.12. The predicted octanol–water partition coefficient (Wildman–Crippen LogP) is 2.91. The normalized spacial score (nSPS) is 12.4. The van der Waals surface area contributed by atoms with Crippen LogP contribution < -0.4 is 16.0 Å². The van der Waals surface area contributed by atoms with Gasteiger partial charge in [0.25, 0.3) is 5.91 Å². The molecule has 0 bridgehead atoms. The summed E-state index contributed by atoms with van der Waals surface area (Å²) in [6, 6.07) is 20.9. The Bertz CT molecular complexity index is 991. The summed E-state index contributed by atoms with van der Waals surface area (Å²) in [7, 11) is 0. The lowest BCUT2D eigenvalue weighted by molar-refractivity contribution is -0.129. The van der Waals surface area contributed by atoms with E-state index in [0.29, 0.717) is 17.8 Å². The van der Waals surface area contributed by atoms with Gasteiger partial charge in [-0.2, -0.15) is 0 Å². The monoisotopic (exact) mass is 435 g/mol. The van der Waals surface area contributed by atoms with Crippen LogP contribution in [0.4, 0.5) is 0 Å². The Kier molecular flexibility index (Phi) is 7.95. The number of thiophene rings is 1. The minimum Gasteiger partial charge on any atom is -0.350 e. The standard InChI is InChI=1S/C24H25N3O3S/c1-17(22(28)25-16-19-11-6-3-7-12-19)26-23(29)20(15-18-9-4-2-5-10-18)27-24(30)21-13-8-14-31-21/h2-14,17,20H,15-16H2,1H3,(H,25,28)(H,26,29)(H,27,30). The molecule has 1 heterocycles. The Morgan fingerprint density at radius 3 is 2.06 bits per heavy atom. The molecule has 0 aliphatic rings. The molecular weight excluding hydrogens is 410 g/mol. The first-order valence-corrected chi connectivity index (χ1v) is 10.9. The molecule has 0 fully saturated rings. The number of hydrogen-bond donors (Lipinski definition) is 3. The van der Waals surface area contributed by atoms with Gasteiger partial charge in [-0.25, -0.2) is 0 Å². The fraction of sp³-hybridized carbons (Fsp3) is 0.208. The zero-order chi connectivity index (χ0) is 22.1. The van der Waals surface area contributed by atoms with Gasteiger partial charge in [0, 0.05) is 13.0 Å². The molecule has 0 spiro atoms. The lowest BCUT2D eigenvalue weighted by Crippen LogP contribution is -2.53. The average Bonchev–Trinajstić information content (AvgIpc) is 3.33. The molecule has 3 amide bonds. The van der Waals surface area contributed by atoms with E-state index in [4.69, 9.17) is 0 Å². The molecule has 0 saturated carbocycles. The maximum absolute atomic E-state index is 12.9. The van der Waals surface area contributed by atoms with E-state index in [9.17, 15) is 14.4 Å². The summed E-state index contributed by atoms with van der Waals surface area (Å²) in [6.07, 6.45) is 0.322. The third-order valence-corrected chi connectivity index (χ3v) is 5.58. The Morgan fingerprint density at radius 1 is 0.806 bits per heavy atom. The van der Waals surface area contributed by atoms with Crippen LogP contribution in [0.2, 0.25) is 0 Å². The van der Waals surface area contributed by atoms with Crippen LogP contribution in [0.1, 0.15) is 27.7 Å². The van der Waals surface area contributed by atoms with Crippen LogP contribution in [0, 0.1) is 0 Å². The first-order chi connectivity index (χ1) is 15.0. The van der Waals surface area contributed by atoms with E-state index in [1.54, 1.807) is 24.4 Å². The van der Waals surface area contributed by atoms with Crippen molar-refractivity contribution >= 4 is 29.1 Å². The molecule has 0 saturated heterocycles. The second-order valence-corrected chi connectivity index (χ2v) is 8.07. The molecule has 2 atom stereocenters. The molecule has 2 aromatic carbocycles. The summed E-state index contributed by atoms with van der Waals surface area (Å²) in [4.78, 5) is 38.4. The van der Waals surface area contributed by atoms with E-state index in [2.05, 4.69) is 16.0 Å². The molecule has 3 rings (SSSR count). The molecule has 0 radical (unpaired) electrons. The lowest BCUT2D eigenvalue weighted by Gasteiger charge is -2.21. The van der Waals surface area contributed by atoms with Crippen LogP contribution in [0.5, 0.6) is 0 Å². The van der Waals surface area contributed by atoms with E-state index in [1.165, 1.54) is 11.3 Å². The zero-order valence-electron chi connectivity index (χ0n) is 17.2. The summed E-state index contributed by atoms with van der Waals surface area (Å²) in [5.41, 5.74) is 1.88. The zero-order valence-corrected chi connectivity index (χ0v) is 18.0. The SMILES string of the molecule is CC(NC(=O)C(Cc1ccccc1)NC(=O)c1cccs1)C(=O)NCc1ccccc1. The molecule has 3 aromatic rings.